The van der Waals surface area contributed by atoms with Gasteiger partial charge in [0.1, 0.15) is 10.6 Å². The predicted molar refractivity (Wildman–Crippen MR) is 79.5 cm³/mol. The fourth-order valence-electron chi connectivity index (χ4n) is 1.85. The van der Waals surface area contributed by atoms with Crippen LogP contribution in [0.3, 0.4) is 0 Å². The van der Waals surface area contributed by atoms with Gasteiger partial charge in [-0.15, -0.1) is 0 Å². The zero-order valence-corrected chi connectivity index (χ0v) is 12.7. The molecular formula is C13H18N4O3S. The second-order valence-corrected chi connectivity index (χ2v) is 6.10. The molecule has 0 aliphatic rings. The van der Waals surface area contributed by atoms with Gasteiger partial charge in [-0.3, -0.25) is 9.40 Å². The number of nitrogens with two attached hydrogens (primary N) is 1. The first-order valence-corrected chi connectivity index (χ1v) is 7.92. The highest BCUT2D eigenvalue weighted by Gasteiger charge is 2.16. The summed E-state index contributed by atoms with van der Waals surface area (Å²) >= 11 is 0. The predicted octanol–water partition coefficient (Wildman–Crippen LogP) is 1.08. The van der Waals surface area contributed by atoms with Crippen molar-refractivity contribution in [1.82, 2.24) is 9.78 Å². The summed E-state index contributed by atoms with van der Waals surface area (Å²) in [6.45, 7) is 2.66. The monoisotopic (exact) mass is 310 g/mol. The van der Waals surface area contributed by atoms with E-state index in [2.05, 4.69) is 9.82 Å². The maximum absolute atomic E-state index is 12.2. The maximum atomic E-state index is 12.2. The second kappa shape index (κ2) is 6.15. The van der Waals surface area contributed by atoms with E-state index in [9.17, 15) is 8.42 Å². The molecule has 0 radical (unpaired) electrons. The molecule has 7 nitrogen and oxygen atoms in total. The quantitative estimate of drug-likeness (QED) is 0.831. The Balaban J connectivity index is 2.27. The molecule has 0 saturated heterocycles. The van der Waals surface area contributed by atoms with Crippen LogP contribution < -0.4 is 15.2 Å². The number of nitrogens with zero attached hydrogens (tertiary/aromatic N) is 2. The van der Waals surface area contributed by atoms with Crippen molar-refractivity contribution < 1.29 is 13.2 Å². The van der Waals surface area contributed by atoms with Gasteiger partial charge in [-0.2, -0.15) is 5.10 Å². The molecule has 3 N–H and O–H groups in total. The maximum Gasteiger partial charge on any atom is 0.265 e. The van der Waals surface area contributed by atoms with E-state index in [0.717, 1.165) is 5.56 Å². The molecule has 2 aromatic rings. The minimum Gasteiger partial charge on any atom is -0.494 e. The molecule has 0 unspecified atom stereocenters. The highest BCUT2D eigenvalue weighted by molar-refractivity contribution is 7.92. The molecule has 0 atom stereocenters. The molecule has 0 aliphatic heterocycles. The third-order valence-electron chi connectivity index (χ3n) is 2.82. The molecule has 1 aromatic heterocycles. The summed E-state index contributed by atoms with van der Waals surface area (Å²) < 4.78 is 33.8. The van der Waals surface area contributed by atoms with Crippen LogP contribution in [0.1, 0.15) is 12.5 Å². The number of aromatic nitrogens is 2. The van der Waals surface area contributed by atoms with E-state index in [1.807, 2.05) is 6.92 Å². The molecule has 21 heavy (non-hydrogen) atoms. The number of hydrogen-bond donors (Lipinski definition) is 2. The van der Waals surface area contributed by atoms with Crippen LogP contribution >= 0.6 is 0 Å². The Hall–Kier alpha value is -2.06. The lowest BCUT2D eigenvalue weighted by Crippen LogP contribution is -2.13. The smallest absolute Gasteiger partial charge is 0.265 e. The topological polar surface area (TPSA) is 99.2 Å². The van der Waals surface area contributed by atoms with Crippen molar-refractivity contribution in [1.29, 1.82) is 0 Å². The first-order valence-electron chi connectivity index (χ1n) is 6.43. The number of nitrogens with one attached hydrogen (secondary N) is 1. The number of sulfonamides is 1. The summed E-state index contributed by atoms with van der Waals surface area (Å²) in [6, 6.07) is 5.00. The third-order valence-corrected chi connectivity index (χ3v) is 4.16. The molecule has 0 amide bonds. The molecule has 2 rings (SSSR count). The van der Waals surface area contributed by atoms with E-state index in [-0.39, 0.29) is 11.4 Å². The van der Waals surface area contributed by atoms with Gasteiger partial charge in [0, 0.05) is 31.0 Å². The van der Waals surface area contributed by atoms with Crippen molar-refractivity contribution in [3.63, 3.8) is 0 Å². The van der Waals surface area contributed by atoms with Gasteiger partial charge in [-0.1, -0.05) is 0 Å². The van der Waals surface area contributed by atoms with Gasteiger partial charge >= 0.3 is 0 Å². The van der Waals surface area contributed by atoms with Crippen molar-refractivity contribution >= 4 is 15.7 Å². The van der Waals surface area contributed by atoms with Crippen LogP contribution in [0, 0.1) is 0 Å². The van der Waals surface area contributed by atoms with E-state index in [0.29, 0.717) is 18.0 Å². The van der Waals surface area contributed by atoms with Gasteiger partial charge in [-0.05, 0) is 25.1 Å². The number of hydrogen-bond acceptors (Lipinski definition) is 5. The zero-order valence-electron chi connectivity index (χ0n) is 11.9. The largest absolute Gasteiger partial charge is 0.494 e. The SMILES string of the molecule is CCOc1ccc(NS(=O)(=O)c2cnn(C)c2)cc1CN. The minimum atomic E-state index is -3.66. The van der Waals surface area contributed by atoms with Gasteiger partial charge in [0.05, 0.1) is 12.8 Å². The van der Waals surface area contributed by atoms with Crippen LogP contribution in [-0.4, -0.2) is 24.8 Å². The molecule has 114 valence electrons. The fraction of sp³-hybridized carbons (Fsp3) is 0.308. The lowest BCUT2D eigenvalue weighted by Gasteiger charge is -2.12. The van der Waals surface area contributed by atoms with Crippen LogP contribution in [0.25, 0.3) is 0 Å². The molecule has 0 spiro atoms. The van der Waals surface area contributed by atoms with E-state index in [1.165, 1.54) is 17.1 Å². The Labute approximate surface area is 123 Å². The van der Waals surface area contributed by atoms with Crippen LogP contribution in [-0.2, 0) is 23.6 Å². The van der Waals surface area contributed by atoms with Gasteiger partial charge < -0.3 is 10.5 Å². The van der Waals surface area contributed by atoms with Crippen LogP contribution in [0.2, 0.25) is 0 Å². The van der Waals surface area contributed by atoms with Gasteiger partial charge in [-0.25, -0.2) is 8.42 Å². The lowest BCUT2D eigenvalue weighted by molar-refractivity contribution is 0.336. The van der Waals surface area contributed by atoms with Gasteiger partial charge in [0.2, 0.25) is 0 Å². The standard InChI is InChI=1S/C13H18N4O3S/c1-3-20-13-5-4-11(6-10(13)7-14)16-21(18,19)12-8-15-17(2)9-12/h4-6,8-9,16H,3,7,14H2,1-2H3. The Morgan fingerprint density at radius 3 is 2.76 bits per heavy atom. The summed E-state index contributed by atoms with van der Waals surface area (Å²) in [5.74, 6) is 0.657. The van der Waals surface area contributed by atoms with Crippen LogP contribution in [0.4, 0.5) is 5.69 Å². The second-order valence-electron chi connectivity index (χ2n) is 4.41. The number of ether oxygens (including phenoxy) is 1. The number of anilines is 1. The highest BCUT2D eigenvalue weighted by Crippen LogP contribution is 2.24. The number of aryl methyl sites for hydroxylation is 1. The van der Waals surface area contributed by atoms with Gasteiger partial charge in [0.25, 0.3) is 10.0 Å². The number of rotatable bonds is 6. The first-order chi connectivity index (χ1) is 9.96. The van der Waals surface area contributed by atoms with Crippen molar-refractivity contribution in [2.75, 3.05) is 11.3 Å². The summed E-state index contributed by atoms with van der Waals surface area (Å²) in [5.41, 5.74) is 6.83. The highest BCUT2D eigenvalue weighted by atomic mass is 32.2. The van der Waals surface area contributed by atoms with Crippen molar-refractivity contribution in [2.45, 2.75) is 18.4 Å². The van der Waals surface area contributed by atoms with E-state index < -0.39 is 10.0 Å². The third kappa shape index (κ3) is 3.53. The zero-order chi connectivity index (χ0) is 15.5. The summed E-state index contributed by atoms with van der Waals surface area (Å²) in [6.07, 6.45) is 2.72. The molecular weight excluding hydrogens is 292 g/mol. The summed E-state index contributed by atoms with van der Waals surface area (Å²) in [5, 5.41) is 3.85. The molecule has 1 aromatic carbocycles. The average Bonchev–Trinajstić information content (AvgIpc) is 2.88. The number of benzene rings is 1. The molecule has 8 heteroatoms. The Kier molecular flexibility index (Phi) is 4.49. The Morgan fingerprint density at radius 2 is 2.19 bits per heavy atom. The van der Waals surface area contributed by atoms with Crippen molar-refractivity contribution in [2.24, 2.45) is 12.8 Å². The van der Waals surface area contributed by atoms with Crippen LogP contribution in [0.5, 0.6) is 5.75 Å². The lowest BCUT2D eigenvalue weighted by atomic mass is 10.2. The fourth-order valence-corrected chi connectivity index (χ4v) is 2.88. The van der Waals surface area contributed by atoms with Crippen LogP contribution in [0.15, 0.2) is 35.5 Å². The molecule has 1 heterocycles. The molecule has 0 fully saturated rings. The van der Waals surface area contributed by atoms with E-state index in [4.69, 9.17) is 10.5 Å². The summed E-state index contributed by atoms with van der Waals surface area (Å²) in [7, 11) is -2.00. The molecule has 0 aliphatic carbocycles. The van der Waals surface area contributed by atoms with Crippen molar-refractivity contribution in [3.05, 3.63) is 36.2 Å². The van der Waals surface area contributed by atoms with Gasteiger partial charge in [0.15, 0.2) is 0 Å². The molecule has 0 saturated carbocycles. The van der Waals surface area contributed by atoms with E-state index in [1.54, 1.807) is 25.2 Å². The van der Waals surface area contributed by atoms with Crippen molar-refractivity contribution in [3.8, 4) is 5.75 Å². The Bertz CT molecular complexity index is 725. The Morgan fingerprint density at radius 1 is 1.43 bits per heavy atom. The first kappa shape index (κ1) is 15.3. The summed E-state index contributed by atoms with van der Waals surface area (Å²) in [4.78, 5) is 0.105. The average molecular weight is 310 g/mol. The minimum absolute atomic E-state index is 0.105. The normalized spacial score (nSPS) is 11.4. The molecule has 0 bridgehead atoms. The van der Waals surface area contributed by atoms with E-state index >= 15 is 0 Å².